The van der Waals surface area contributed by atoms with Crippen molar-refractivity contribution in [3.05, 3.63) is 0 Å². The molecule has 0 heterocycles. The second kappa shape index (κ2) is 3.86. The lowest BCUT2D eigenvalue weighted by Crippen LogP contribution is -2.24. The van der Waals surface area contributed by atoms with Crippen LogP contribution < -0.4 is 0 Å². The first-order valence-electron chi connectivity index (χ1n) is 4.44. The number of hydrogen-bond acceptors (Lipinski definition) is 2. The van der Waals surface area contributed by atoms with Crippen molar-refractivity contribution in [2.24, 2.45) is 5.92 Å². The molecular formula is C9H16O2. The number of Topliss-reactive ketones (excluding diaryl/α,β-unsaturated/α-hetero) is 1. The highest BCUT2D eigenvalue weighted by atomic mass is 16.5. The highest BCUT2D eigenvalue weighted by molar-refractivity contribution is 5.87. The fourth-order valence-corrected chi connectivity index (χ4v) is 1.23. The maximum atomic E-state index is 11.4. The number of carbonyl (C=O) groups is 1. The molecule has 0 bridgehead atoms. The Morgan fingerprint density at radius 1 is 1.55 bits per heavy atom. The van der Waals surface area contributed by atoms with Crippen LogP contribution in [0.25, 0.3) is 0 Å². The lowest BCUT2D eigenvalue weighted by atomic mass is 10.1. The molecule has 1 saturated carbocycles. The predicted molar refractivity (Wildman–Crippen MR) is 43.4 cm³/mol. The van der Waals surface area contributed by atoms with Crippen LogP contribution in [0.1, 0.15) is 33.1 Å². The Morgan fingerprint density at radius 2 is 2.18 bits per heavy atom. The summed E-state index contributed by atoms with van der Waals surface area (Å²) in [7, 11) is 0. The summed E-state index contributed by atoms with van der Waals surface area (Å²) in [6.45, 7) is 4.58. The summed E-state index contributed by atoms with van der Waals surface area (Å²) in [6, 6.07) is 0. The summed E-state index contributed by atoms with van der Waals surface area (Å²) in [5.41, 5.74) is 0. The van der Waals surface area contributed by atoms with Crippen LogP contribution in [0.4, 0.5) is 0 Å². The molecule has 0 radical (unpaired) electrons. The third-order valence-corrected chi connectivity index (χ3v) is 2.04. The highest BCUT2D eigenvalue weighted by Gasteiger charge is 2.34. The standard InChI is InChI=1S/C9H16O2/c1-3-8(11-4-2)9(10)7-5-6-7/h7-8H,3-6H2,1-2H3. The topological polar surface area (TPSA) is 26.3 Å². The first-order valence-corrected chi connectivity index (χ1v) is 4.44. The molecule has 1 fully saturated rings. The van der Waals surface area contributed by atoms with Gasteiger partial charge in [0.15, 0.2) is 5.78 Å². The predicted octanol–water partition coefficient (Wildman–Crippen LogP) is 1.78. The van der Waals surface area contributed by atoms with Gasteiger partial charge in [-0.1, -0.05) is 6.92 Å². The minimum Gasteiger partial charge on any atom is -0.371 e. The van der Waals surface area contributed by atoms with Crippen molar-refractivity contribution < 1.29 is 9.53 Å². The molecule has 0 spiro atoms. The average molecular weight is 156 g/mol. The average Bonchev–Trinajstić information content (AvgIpc) is 2.81. The molecule has 1 atom stereocenters. The molecular weight excluding hydrogens is 140 g/mol. The van der Waals surface area contributed by atoms with Crippen LogP contribution >= 0.6 is 0 Å². The largest absolute Gasteiger partial charge is 0.371 e. The Labute approximate surface area is 67.9 Å². The number of ketones is 1. The van der Waals surface area contributed by atoms with Crippen molar-refractivity contribution in [2.75, 3.05) is 6.61 Å². The Hall–Kier alpha value is -0.370. The van der Waals surface area contributed by atoms with Gasteiger partial charge in [0.05, 0.1) is 0 Å². The summed E-state index contributed by atoms with van der Waals surface area (Å²) in [5, 5.41) is 0. The monoisotopic (exact) mass is 156 g/mol. The Morgan fingerprint density at radius 3 is 2.55 bits per heavy atom. The van der Waals surface area contributed by atoms with Gasteiger partial charge in [0.25, 0.3) is 0 Å². The van der Waals surface area contributed by atoms with E-state index in [9.17, 15) is 4.79 Å². The van der Waals surface area contributed by atoms with Gasteiger partial charge in [-0.2, -0.15) is 0 Å². The fourth-order valence-electron chi connectivity index (χ4n) is 1.23. The molecule has 1 unspecified atom stereocenters. The van der Waals surface area contributed by atoms with Gasteiger partial charge in [-0.25, -0.2) is 0 Å². The maximum absolute atomic E-state index is 11.4. The van der Waals surface area contributed by atoms with Gasteiger partial charge < -0.3 is 4.74 Å². The number of ether oxygens (including phenoxy) is 1. The molecule has 1 rings (SSSR count). The van der Waals surface area contributed by atoms with Crippen molar-refractivity contribution >= 4 is 5.78 Å². The molecule has 0 aromatic carbocycles. The van der Waals surface area contributed by atoms with Gasteiger partial charge in [-0.05, 0) is 26.2 Å². The van der Waals surface area contributed by atoms with Gasteiger partial charge in [0, 0.05) is 12.5 Å². The zero-order chi connectivity index (χ0) is 8.27. The highest BCUT2D eigenvalue weighted by Crippen LogP contribution is 2.31. The summed E-state index contributed by atoms with van der Waals surface area (Å²) < 4.78 is 5.30. The molecule has 64 valence electrons. The van der Waals surface area contributed by atoms with Crippen LogP contribution in [0.2, 0.25) is 0 Å². The summed E-state index contributed by atoms with van der Waals surface area (Å²) in [5.74, 6) is 0.667. The van der Waals surface area contributed by atoms with Crippen LogP contribution in [0.15, 0.2) is 0 Å². The molecule has 0 saturated heterocycles. The third kappa shape index (κ3) is 2.29. The lowest BCUT2D eigenvalue weighted by Gasteiger charge is -2.12. The van der Waals surface area contributed by atoms with E-state index < -0.39 is 0 Å². The first-order chi connectivity index (χ1) is 5.29. The number of carbonyl (C=O) groups excluding carboxylic acids is 1. The van der Waals surface area contributed by atoms with Crippen molar-refractivity contribution in [1.82, 2.24) is 0 Å². The molecule has 0 amide bonds. The first kappa shape index (κ1) is 8.72. The smallest absolute Gasteiger partial charge is 0.164 e. The molecule has 2 nitrogen and oxygen atoms in total. The molecule has 1 aliphatic rings. The zero-order valence-electron chi connectivity index (χ0n) is 7.30. The molecule has 0 aromatic rings. The molecule has 2 heteroatoms. The Balaban J connectivity index is 2.32. The van der Waals surface area contributed by atoms with Gasteiger partial charge in [0.1, 0.15) is 6.10 Å². The van der Waals surface area contributed by atoms with Gasteiger partial charge in [-0.3, -0.25) is 4.79 Å². The minimum absolute atomic E-state index is 0.118. The normalized spacial score (nSPS) is 19.8. The SMILES string of the molecule is CCOC(CC)C(=O)C1CC1. The number of rotatable bonds is 5. The molecule has 11 heavy (non-hydrogen) atoms. The second-order valence-electron chi connectivity index (χ2n) is 3.03. The van der Waals surface area contributed by atoms with E-state index in [1.54, 1.807) is 0 Å². The quantitative estimate of drug-likeness (QED) is 0.606. The van der Waals surface area contributed by atoms with Crippen molar-refractivity contribution in [1.29, 1.82) is 0 Å². The van der Waals surface area contributed by atoms with Crippen LogP contribution in [0.5, 0.6) is 0 Å². The number of hydrogen-bond donors (Lipinski definition) is 0. The van der Waals surface area contributed by atoms with E-state index in [0.717, 1.165) is 19.3 Å². The van der Waals surface area contributed by atoms with Crippen LogP contribution in [-0.4, -0.2) is 18.5 Å². The maximum Gasteiger partial charge on any atom is 0.164 e. The van der Waals surface area contributed by atoms with E-state index >= 15 is 0 Å². The van der Waals surface area contributed by atoms with E-state index in [4.69, 9.17) is 4.74 Å². The summed E-state index contributed by atoms with van der Waals surface area (Å²) in [4.78, 5) is 11.4. The Kier molecular flexibility index (Phi) is 3.06. The van der Waals surface area contributed by atoms with E-state index in [0.29, 0.717) is 18.3 Å². The van der Waals surface area contributed by atoms with E-state index in [2.05, 4.69) is 0 Å². The van der Waals surface area contributed by atoms with Crippen molar-refractivity contribution in [3.8, 4) is 0 Å². The minimum atomic E-state index is -0.118. The molecule has 0 aromatic heterocycles. The van der Waals surface area contributed by atoms with E-state index in [1.807, 2.05) is 13.8 Å². The second-order valence-corrected chi connectivity index (χ2v) is 3.03. The van der Waals surface area contributed by atoms with Crippen LogP contribution in [0, 0.1) is 5.92 Å². The third-order valence-electron chi connectivity index (χ3n) is 2.04. The van der Waals surface area contributed by atoms with Crippen LogP contribution in [-0.2, 0) is 9.53 Å². The molecule has 0 N–H and O–H groups in total. The summed E-state index contributed by atoms with van der Waals surface area (Å²) in [6.07, 6.45) is 2.88. The van der Waals surface area contributed by atoms with Crippen molar-refractivity contribution in [2.45, 2.75) is 39.2 Å². The molecule has 0 aliphatic heterocycles. The van der Waals surface area contributed by atoms with E-state index in [1.165, 1.54) is 0 Å². The van der Waals surface area contributed by atoms with Crippen LogP contribution in [0.3, 0.4) is 0 Å². The van der Waals surface area contributed by atoms with Crippen molar-refractivity contribution in [3.63, 3.8) is 0 Å². The fraction of sp³-hybridized carbons (Fsp3) is 0.889. The molecule has 1 aliphatic carbocycles. The van der Waals surface area contributed by atoms with Gasteiger partial charge >= 0.3 is 0 Å². The Bertz CT molecular complexity index is 138. The zero-order valence-corrected chi connectivity index (χ0v) is 7.30. The lowest BCUT2D eigenvalue weighted by molar-refractivity contribution is -0.131. The van der Waals surface area contributed by atoms with Gasteiger partial charge in [0.2, 0.25) is 0 Å². The van der Waals surface area contributed by atoms with E-state index in [-0.39, 0.29) is 6.10 Å². The van der Waals surface area contributed by atoms with Gasteiger partial charge in [-0.15, -0.1) is 0 Å². The summed E-state index contributed by atoms with van der Waals surface area (Å²) >= 11 is 0.